The molecule has 0 bridgehead atoms. The zero-order valence-electron chi connectivity index (χ0n) is 16.9. The van der Waals surface area contributed by atoms with E-state index < -0.39 is 0 Å². The Morgan fingerprint density at radius 2 is 2.07 bits per heavy atom. The lowest BCUT2D eigenvalue weighted by atomic mass is 10.0. The minimum atomic E-state index is 0.00462. The topological polar surface area (TPSA) is 55.2 Å². The maximum Gasteiger partial charge on any atom is 0.263 e. The lowest BCUT2D eigenvalue weighted by Crippen LogP contribution is -2.44. The number of amides is 1. The Bertz CT molecular complexity index is 901. The summed E-state index contributed by atoms with van der Waals surface area (Å²) in [7, 11) is 0. The molecule has 0 radical (unpaired) electrons. The van der Waals surface area contributed by atoms with Crippen molar-refractivity contribution < 1.29 is 4.79 Å². The summed E-state index contributed by atoms with van der Waals surface area (Å²) in [5, 5.41) is 1.38. The van der Waals surface area contributed by atoms with Crippen molar-refractivity contribution in [1.29, 1.82) is 0 Å². The maximum absolute atomic E-state index is 13.1. The molecule has 2 aromatic heterocycles. The van der Waals surface area contributed by atoms with Crippen LogP contribution in [0.1, 0.15) is 62.9 Å². The van der Waals surface area contributed by atoms with E-state index in [1.807, 2.05) is 32.6 Å². The van der Waals surface area contributed by atoms with Crippen LogP contribution in [0.15, 0.2) is 9.95 Å². The van der Waals surface area contributed by atoms with E-state index in [4.69, 9.17) is 4.98 Å². The number of fused-ring (bicyclic) bond motifs is 1. The van der Waals surface area contributed by atoms with Crippen LogP contribution in [0, 0.1) is 13.8 Å². The first-order valence-corrected chi connectivity index (χ1v) is 11.6. The van der Waals surface area contributed by atoms with Gasteiger partial charge in [-0.15, -0.1) is 11.3 Å². The van der Waals surface area contributed by atoms with Crippen LogP contribution in [0.2, 0.25) is 0 Å². The number of likely N-dealkylation sites (tertiary alicyclic amines) is 1. The molecule has 1 aliphatic heterocycles. The smallest absolute Gasteiger partial charge is 0.263 e. The Morgan fingerprint density at radius 1 is 1.33 bits per heavy atom. The fraction of sp³-hybridized carbons (Fsp3) is 0.650. The van der Waals surface area contributed by atoms with Gasteiger partial charge in [-0.2, -0.15) is 0 Å². The predicted molar refractivity (Wildman–Crippen MR) is 114 cm³/mol. The lowest BCUT2D eigenvalue weighted by molar-refractivity contribution is -0.132. The second-order valence-electron chi connectivity index (χ2n) is 7.56. The van der Waals surface area contributed by atoms with Crippen LogP contribution in [0.4, 0.5) is 0 Å². The number of hydrogen-bond donors (Lipinski definition) is 0. The average Bonchev–Trinajstić information content (AvgIpc) is 2.93. The highest BCUT2D eigenvalue weighted by Crippen LogP contribution is 2.30. The van der Waals surface area contributed by atoms with E-state index in [0.717, 1.165) is 46.5 Å². The normalized spacial score (nSPS) is 17.9. The van der Waals surface area contributed by atoms with Gasteiger partial charge in [0.1, 0.15) is 4.83 Å². The predicted octanol–water partition coefficient (Wildman–Crippen LogP) is 4.54. The number of carbonyl (C=O) groups is 1. The fourth-order valence-corrected chi connectivity index (χ4v) is 5.89. The number of piperidine rings is 1. The molecule has 0 N–H and O–H groups in total. The van der Waals surface area contributed by atoms with Crippen LogP contribution in [-0.4, -0.2) is 38.7 Å². The molecular weight excluding hydrogens is 378 g/mol. The van der Waals surface area contributed by atoms with Crippen molar-refractivity contribution in [3.63, 3.8) is 0 Å². The first-order chi connectivity index (χ1) is 12.8. The molecule has 3 heterocycles. The molecule has 1 atom stereocenters. The fourth-order valence-electron chi connectivity index (χ4n) is 3.81. The number of hydrogen-bond acceptors (Lipinski definition) is 5. The molecule has 0 aromatic carbocycles. The van der Waals surface area contributed by atoms with E-state index in [0.29, 0.717) is 17.0 Å². The molecule has 2 aromatic rings. The maximum atomic E-state index is 13.1. The van der Waals surface area contributed by atoms with Gasteiger partial charge in [0.15, 0.2) is 5.16 Å². The number of aryl methyl sites for hydroxylation is 2. The molecule has 1 fully saturated rings. The Morgan fingerprint density at radius 3 is 2.74 bits per heavy atom. The minimum Gasteiger partial charge on any atom is -0.339 e. The van der Waals surface area contributed by atoms with Gasteiger partial charge in [0, 0.05) is 23.5 Å². The molecule has 3 rings (SSSR count). The highest BCUT2D eigenvalue weighted by molar-refractivity contribution is 7.99. The van der Waals surface area contributed by atoms with Gasteiger partial charge in [-0.1, -0.05) is 18.7 Å². The van der Waals surface area contributed by atoms with Gasteiger partial charge in [-0.3, -0.25) is 14.2 Å². The molecule has 1 aliphatic rings. The van der Waals surface area contributed by atoms with E-state index >= 15 is 0 Å². The molecule has 1 amide bonds. The molecule has 1 saturated heterocycles. The van der Waals surface area contributed by atoms with Gasteiger partial charge in [0.25, 0.3) is 5.56 Å². The third kappa shape index (κ3) is 3.94. The Kier molecular flexibility index (Phi) is 6.31. The summed E-state index contributed by atoms with van der Waals surface area (Å²) in [4.78, 5) is 34.6. The van der Waals surface area contributed by atoms with E-state index in [9.17, 15) is 9.59 Å². The molecule has 148 valence electrons. The van der Waals surface area contributed by atoms with Crippen LogP contribution < -0.4 is 5.56 Å². The van der Waals surface area contributed by atoms with Gasteiger partial charge >= 0.3 is 0 Å². The summed E-state index contributed by atoms with van der Waals surface area (Å²) in [5.74, 6) is 0.500. The quantitative estimate of drug-likeness (QED) is 0.539. The second kappa shape index (κ2) is 8.35. The second-order valence-corrected chi connectivity index (χ2v) is 9.71. The molecule has 5 nitrogen and oxygen atoms in total. The van der Waals surface area contributed by atoms with Crippen LogP contribution in [-0.2, 0) is 4.79 Å². The molecule has 0 aliphatic carbocycles. The van der Waals surface area contributed by atoms with Crippen molar-refractivity contribution in [3.05, 3.63) is 20.8 Å². The number of thiophene rings is 1. The van der Waals surface area contributed by atoms with Gasteiger partial charge in [0.05, 0.1) is 11.1 Å². The minimum absolute atomic E-state index is 0.00462. The molecule has 0 unspecified atom stereocenters. The van der Waals surface area contributed by atoms with Crippen LogP contribution in [0.5, 0.6) is 0 Å². The Balaban J connectivity index is 1.89. The first-order valence-electron chi connectivity index (χ1n) is 9.79. The van der Waals surface area contributed by atoms with Gasteiger partial charge in [-0.05, 0) is 58.9 Å². The van der Waals surface area contributed by atoms with E-state index in [1.54, 1.807) is 15.9 Å². The third-order valence-corrected chi connectivity index (χ3v) is 7.50. The number of carbonyl (C=O) groups excluding carboxylic acids is 1. The standard InChI is InChI=1S/C20H29N3O2S2/c1-6-15-9-7-8-10-22(15)16(24)11-26-20-21-18-17(13(4)14(5)27-18)19(25)23(20)12(2)3/h12,15H,6-11H2,1-5H3/t15-/m0/s1. The van der Waals surface area contributed by atoms with Crippen LogP contribution in [0.25, 0.3) is 10.2 Å². The highest BCUT2D eigenvalue weighted by atomic mass is 32.2. The van der Waals surface area contributed by atoms with Crippen molar-refractivity contribution >= 4 is 39.2 Å². The lowest BCUT2D eigenvalue weighted by Gasteiger charge is -2.35. The summed E-state index contributed by atoms with van der Waals surface area (Å²) >= 11 is 2.96. The average molecular weight is 408 g/mol. The highest BCUT2D eigenvalue weighted by Gasteiger charge is 2.26. The van der Waals surface area contributed by atoms with E-state index in [-0.39, 0.29) is 17.5 Å². The van der Waals surface area contributed by atoms with Crippen molar-refractivity contribution in [1.82, 2.24) is 14.5 Å². The summed E-state index contributed by atoms with van der Waals surface area (Å²) in [6.07, 6.45) is 4.39. The van der Waals surface area contributed by atoms with Crippen molar-refractivity contribution in [3.8, 4) is 0 Å². The SMILES string of the molecule is CC[C@H]1CCCCN1C(=O)CSc1nc2sc(C)c(C)c2c(=O)n1C(C)C. The summed E-state index contributed by atoms with van der Waals surface area (Å²) in [6.45, 7) is 11.0. The van der Waals surface area contributed by atoms with E-state index in [2.05, 4.69) is 6.92 Å². The summed E-state index contributed by atoms with van der Waals surface area (Å²) < 4.78 is 1.74. The number of thioether (sulfide) groups is 1. The van der Waals surface area contributed by atoms with E-state index in [1.165, 1.54) is 18.2 Å². The van der Waals surface area contributed by atoms with Crippen molar-refractivity contribution in [2.24, 2.45) is 0 Å². The summed E-state index contributed by atoms with van der Waals surface area (Å²) in [5.41, 5.74) is 1.03. The third-order valence-electron chi connectivity index (χ3n) is 5.46. The number of aromatic nitrogens is 2. The van der Waals surface area contributed by atoms with Crippen LogP contribution >= 0.6 is 23.1 Å². The zero-order valence-corrected chi connectivity index (χ0v) is 18.5. The van der Waals surface area contributed by atoms with Crippen LogP contribution in [0.3, 0.4) is 0 Å². The zero-order chi connectivity index (χ0) is 19.7. The summed E-state index contributed by atoms with van der Waals surface area (Å²) in [6, 6.07) is 0.363. The Hall–Kier alpha value is -1.34. The van der Waals surface area contributed by atoms with Crippen molar-refractivity contribution in [2.75, 3.05) is 12.3 Å². The monoisotopic (exact) mass is 407 g/mol. The van der Waals surface area contributed by atoms with Gasteiger partial charge in [0.2, 0.25) is 5.91 Å². The largest absolute Gasteiger partial charge is 0.339 e. The molecule has 7 heteroatoms. The molecule has 0 saturated carbocycles. The molecular formula is C20H29N3O2S2. The first kappa shape index (κ1) is 20.4. The molecule has 27 heavy (non-hydrogen) atoms. The molecule has 0 spiro atoms. The number of nitrogens with zero attached hydrogens (tertiary/aromatic N) is 3. The Labute approximate surface area is 169 Å². The van der Waals surface area contributed by atoms with Gasteiger partial charge in [-0.25, -0.2) is 4.98 Å². The number of rotatable bonds is 5. The van der Waals surface area contributed by atoms with Crippen molar-refractivity contribution in [2.45, 2.75) is 77.5 Å². The van der Waals surface area contributed by atoms with Gasteiger partial charge < -0.3 is 4.90 Å².